The van der Waals surface area contributed by atoms with Gasteiger partial charge in [-0.05, 0) is 50.0 Å². The Kier molecular flexibility index (Phi) is 5.24. The quantitative estimate of drug-likeness (QED) is 0.769. The number of aromatic nitrogens is 1. The zero-order valence-electron chi connectivity index (χ0n) is 17.3. The Morgan fingerprint density at radius 2 is 1.83 bits per heavy atom. The topological polar surface area (TPSA) is 59.8 Å². The number of β-amino-alcohol motifs (C(OH)–C–C–N with tert-alkyl or cyclic N) is 1. The average molecular weight is 404 g/mol. The lowest BCUT2D eigenvalue weighted by Gasteiger charge is -2.47. The molecule has 1 aromatic heterocycles. The molecule has 4 saturated heterocycles. The maximum atomic E-state index is 11.2. The van der Waals surface area contributed by atoms with E-state index >= 15 is 0 Å². The van der Waals surface area contributed by atoms with Crippen molar-refractivity contribution in [2.24, 2.45) is 5.92 Å². The lowest BCUT2D eigenvalue weighted by Crippen LogP contribution is -2.58. The number of hydrogen-bond donors (Lipinski definition) is 2. The van der Waals surface area contributed by atoms with Gasteiger partial charge in [-0.3, -0.25) is 4.90 Å². The van der Waals surface area contributed by atoms with E-state index in [4.69, 9.17) is 4.98 Å². The van der Waals surface area contributed by atoms with Crippen molar-refractivity contribution in [3.05, 3.63) is 59.3 Å². The minimum absolute atomic E-state index is 0.269. The molecule has 2 unspecified atom stereocenters. The van der Waals surface area contributed by atoms with E-state index in [2.05, 4.69) is 33.8 Å². The Morgan fingerprint density at radius 3 is 2.50 bits per heavy atom. The van der Waals surface area contributed by atoms with E-state index in [0.29, 0.717) is 19.5 Å². The van der Waals surface area contributed by atoms with Gasteiger partial charge in [0.2, 0.25) is 0 Å². The molecule has 2 N–H and O–H groups in total. The highest BCUT2D eigenvalue weighted by atomic mass is 16.3. The molecular weight excluding hydrogens is 374 g/mol. The van der Waals surface area contributed by atoms with Crippen LogP contribution in [0.3, 0.4) is 0 Å². The van der Waals surface area contributed by atoms with Gasteiger partial charge in [0, 0.05) is 37.5 Å². The molecule has 156 valence electrons. The third kappa shape index (κ3) is 3.96. The fourth-order valence-electron chi connectivity index (χ4n) is 5.01. The lowest BCUT2D eigenvalue weighted by molar-refractivity contribution is -0.0713. The van der Waals surface area contributed by atoms with Gasteiger partial charge < -0.3 is 15.1 Å². The number of anilines is 1. The normalized spacial score (nSPS) is 30.2. The van der Waals surface area contributed by atoms with Crippen molar-refractivity contribution in [2.45, 2.75) is 37.4 Å². The highest BCUT2D eigenvalue weighted by Gasteiger charge is 2.44. The number of hydrogen-bond acceptors (Lipinski definition) is 5. The minimum Gasteiger partial charge on any atom is -0.391 e. The molecule has 4 aliphatic rings. The number of aliphatic hydroxyl groups excluding tert-OH is 1. The molecule has 4 fully saturated rings. The highest BCUT2D eigenvalue weighted by molar-refractivity contribution is 5.50. The van der Waals surface area contributed by atoms with Crippen LogP contribution in [0.25, 0.3) is 0 Å². The molecule has 2 atom stereocenters. The van der Waals surface area contributed by atoms with Crippen molar-refractivity contribution in [1.82, 2.24) is 9.88 Å². The first-order valence-corrected chi connectivity index (χ1v) is 11.0. The maximum Gasteiger partial charge on any atom is 0.141 e. The Morgan fingerprint density at radius 1 is 1.03 bits per heavy atom. The van der Waals surface area contributed by atoms with Crippen molar-refractivity contribution in [1.29, 1.82) is 0 Å². The second kappa shape index (κ2) is 8.03. The van der Waals surface area contributed by atoms with Crippen LogP contribution < -0.4 is 4.90 Å². The monoisotopic (exact) mass is 403 g/mol. The predicted molar refractivity (Wildman–Crippen MR) is 117 cm³/mol. The molecule has 5 heterocycles. The molecule has 1 aromatic carbocycles. The second-order valence-electron chi connectivity index (χ2n) is 8.94. The third-order valence-electron chi connectivity index (χ3n) is 6.80. The summed E-state index contributed by atoms with van der Waals surface area (Å²) in [4.78, 5) is 9.39. The van der Waals surface area contributed by atoms with Crippen molar-refractivity contribution in [2.75, 3.05) is 37.6 Å². The number of piperidine rings is 3. The Hall–Kier alpha value is -2.39. The van der Waals surface area contributed by atoms with Crippen LogP contribution in [0.1, 0.15) is 36.1 Å². The zero-order chi connectivity index (χ0) is 20.6. The van der Waals surface area contributed by atoms with Gasteiger partial charge in [0.05, 0.1) is 11.8 Å². The summed E-state index contributed by atoms with van der Waals surface area (Å²) in [5, 5.41) is 21.1. The number of nitrogens with zero attached hydrogens (tertiary/aromatic N) is 3. The zero-order valence-corrected chi connectivity index (χ0v) is 17.3. The summed E-state index contributed by atoms with van der Waals surface area (Å²) in [6.45, 7) is 4.24. The van der Waals surface area contributed by atoms with Gasteiger partial charge in [-0.1, -0.05) is 42.2 Å². The first-order chi connectivity index (χ1) is 14.6. The fraction of sp³-hybridized carbons (Fsp3) is 0.480. The molecule has 0 amide bonds. The lowest BCUT2D eigenvalue weighted by atomic mass is 9.75. The summed E-state index contributed by atoms with van der Waals surface area (Å²) in [6.07, 6.45) is 3.24. The van der Waals surface area contributed by atoms with Crippen molar-refractivity contribution in [3.63, 3.8) is 0 Å². The summed E-state index contributed by atoms with van der Waals surface area (Å²) in [7, 11) is 0. The first-order valence-electron chi connectivity index (χ1n) is 11.0. The van der Waals surface area contributed by atoms with Crippen LogP contribution in [0, 0.1) is 17.8 Å². The molecule has 6 rings (SSSR count). The molecule has 0 spiro atoms. The van der Waals surface area contributed by atoms with Crippen LogP contribution in [-0.4, -0.2) is 64.5 Å². The van der Waals surface area contributed by atoms with E-state index < -0.39 is 5.60 Å². The van der Waals surface area contributed by atoms with Gasteiger partial charge in [0.25, 0.3) is 0 Å². The SMILES string of the molecule is OC1CCN(c2ccc(C#CC3(O)CN4CCC3CC4)c(Cc3ccccc3)n2)C1. The van der Waals surface area contributed by atoms with Crippen LogP contribution in [0.4, 0.5) is 5.82 Å². The maximum absolute atomic E-state index is 11.2. The van der Waals surface area contributed by atoms with Gasteiger partial charge >= 0.3 is 0 Å². The first kappa shape index (κ1) is 19.6. The predicted octanol–water partition coefficient (Wildman–Crippen LogP) is 2.05. The van der Waals surface area contributed by atoms with Crippen LogP contribution in [0.15, 0.2) is 42.5 Å². The summed E-state index contributed by atoms with van der Waals surface area (Å²) in [5.41, 5.74) is 2.08. The summed E-state index contributed by atoms with van der Waals surface area (Å²) < 4.78 is 0. The van der Waals surface area contributed by atoms with E-state index in [9.17, 15) is 10.2 Å². The van der Waals surface area contributed by atoms with Gasteiger partial charge in [-0.15, -0.1) is 0 Å². The molecule has 0 aliphatic carbocycles. The smallest absolute Gasteiger partial charge is 0.141 e. The van der Waals surface area contributed by atoms with E-state index in [1.54, 1.807) is 0 Å². The standard InChI is InChI=1S/C25H29N3O2/c29-22-11-15-28(17-22)24-7-6-20(23(26-24)16-19-4-2-1-3-5-19)8-12-25(30)18-27-13-9-21(25)10-14-27/h1-7,21-22,29-30H,9-11,13-18H2. The van der Waals surface area contributed by atoms with E-state index in [1.165, 1.54) is 5.56 Å². The van der Waals surface area contributed by atoms with Crippen LogP contribution >= 0.6 is 0 Å². The fourth-order valence-corrected chi connectivity index (χ4v) is 5.01. The van der Waals surface area contributed by atoms with Gasteiger partial charge in [-0.25, -0.2) is 4.98 Å². The number of benzene rings is 1. The van der Waals surface area contributed by atoms with E-state index in [1.807, 2.05) is 30.3 Å². The number of aliphatic hydroxyl groups is 2. The average Bonchev–Trinajstić information content (AvgIpc) is 3.20. The van der Waals surface area contributed by atoms with E-state index in [-0.39, 0.29) is 12.0 Å². The second-order valence-corrected chi connectivity index (χ2v) is 8.94. The van der Waals surface area contributed by atoms with Gasteiger partial charge in [-0.2, -0.15) is 0 Å². The molecule has 2 bridgehead atoms. The Balaban J connectivity index is 1.46. The molecule has 0 saturated carbocycles. The van der Waals surface area contributed by atoms with Gasteiger partial charge in [0.15, 0.2) is 0 Å². The number of fused-ring (bicyclic) bond motifs is 3. The number of pyridine rings is 1. The summed E-state index contributed by atoms with van der Waals surface area (Å²) in [6, 6.07) is 14.3. The minimum atomic E-state index is -0.918. The van der Waals surface area contributed by atoms with Crippen LogP contribution in [-0.2, 0) is 6.42 Å². The van der Waals surface area contributed by atoms with Crippen molar-refractivity contribution >= 4 is 5.82 Å². The third-order valence-corrected chi connectivity index (χ3v) is 6.80. The van der Waals surface area contributed by atoms with Crippen LogP contribution in [0.2, 0.25) is 0 Å². The Bertz CT molecular complexity index is 959. The molecule has 2 aromatic rings. The van der Waals surface area contributed by atoms with Gasteiger partial charge in [0.1, 0.15) is 11.4 Å². The van der Waals surface area contributed by atoms with Crippen molar-refractivity contribution < 1.29 is 10.2 Å². The Labute approximate surface area is 178 Å². The van der Waals surface area contributed by atoms with E-state index in [0.717, 1.165) is 56.0 Å². The van der Waals surface area contributed by atoms with Crippen molar-refractivity contribution in [3.8, 4) is 11.8 Å². The van der Waals surface area contributed by atoms with Crippen LogP contribution in [0.5, 0.6) is 0 Å². The summed E-state index contributed by atoms with van der Waals surface area (Å²) >= 11 is 0. The summed E-state index contributed by atoms with van der Waals surface area (Å²) in [5.74, 6) is 7.70. The molecule has 4 aliphatic heterocycles. The largest absolute Gasteiger partial charge is 0.391 e. The number of rotatable bonds is 3. The highest BCUT2D eigenvalue weighted by Crippen LogP contribution is 2.35. The molecule has 30 heavy (non-hydrogen) atoms. The molecular formula is C25H29N3O2. The molecule has 0 radical (unpaired) electrons. The molecule has 5 nitrogen and oxygen atoms in total. The molecule has 5 heteroatoms.